The molecule has 0 saturated carbocycles. The second kappa shape index (κ2) is 15.9. The lowest BCUT2D eigenvalue weighted by Gasteiger charge is -2.37. The van der Waals surface area contributed by atoms with Crippen molar-refractivity contribution in [1.29, 1.82) is 0 Å². The largest absolute Gasteiger partial charge is 0.364 e. The van der Waals surface area contributed by atoms with Crippen molar-refractivity contribution in [1.82, 2.24) is 10.1 Å². The van der Waals surface area contributed by atoms with Crippen LogP contribution in [0, 0.1) is 6.92 Å². The number of hydrogen-bond donors (Lipinski definition) is 6. The first-order valence-corrected chi connectivity index (χ1v) is 21.1. The highest BCUT2D eigenvalue weighted by Crippen LogP contribution is 2.38. The average molecular weight is 855 g/mol. The Hall–Kier alpha value is -4.98. The third-order valence-electron chi connectivity index (χ3n) is 8.80. The monoisotopic (exact) mass is 853 g/mol. The van der Waals surface area contributed by atoms with E-state index in [1.54, 1.807) is 41.1 Å². The van der Waals surface area contributed by atoms with Crippen LogP contribution in [0.2, 0.25) is 10.0 Å². The van der Waals surface area contributed by atoms with Crippen molar-refractivity contribution in [3.63, 3.8) is 0 Å². The van der Waals surface area contributed by atoms with Gasteiger partial charge in [0.2, 0.25) is 20.0 Å². The Morgan fingerprint density at radius 1 is 0.821 bits per heavy atom. The number of amides is 2. The second-order valence-electron chi connectivity index (χ2n) is 12.5. The Morgan fingerprint density at radius 3 is 2.16 bits per heavy atom. The topological polar surface area (TPSA) is 226 Å². The van der Waals surface area contributed by atoms with E-state index >= 15 is 0 Å². The molecule has 5 aromatic rings. The van der Waals surface area contributed by atoms with Gasteiger partial charge >= 0.3 is 0 Å². The summed E-state index contributed by atoms with van der Waals surface area (Å²) >= 11 is 13.4. The zero-order chi connectivity index (χ0) is 40.6. The van der Waals surface area contributed by atoms with Gasteiger partial charge in [0.05, 0.1) is 27.5 Å². The molecule has 0 fully saturated rings. The van der Waals surface area contributed by atoms with Gasteiger partial charge in [0.25, 0.3) is 11.8 Å². The number of anilines is 2. The molecule has 5 aromatic carbocycles. The molecule has 0 aromatic heterocycles. The first kappa shape index (κ1) is 40.7. The summed E-state index contributed by atoms with van der Waals surface area (Å²) in [6, 6.07) is 28.6. The van der Waals surface area contributed by atoms with Crippen molar-refractivity contribution in [3.05, 3.63) is 147 Å². The summed E-state index contributed by atoms with van der Waals surface area (Å²) in [6.07, 6.45) is 1.51. The van der Waals surface area contributed by atoms with E-state index in [-0.39, 0.29) is 43.0 Å². The number of sulfonamides is 2. The smallest absolute Gasteiger partial charge is 0.262 e. The van der Waals surface area contributed by atoms with Gasteiger partial charge in [0.15, 0.2) is 5.72 Å². The molecular weight excluding hydrogens is 822 g/mol. The number of nitrogens with zero attached hydrogens (tertiary/aromatic N) is 2. The van der Waals surface area contributed by atoms with Gasteiger partial charge in [-0.15, -0.1) is 0 Å². The molecule has 0 spiro atoms. The number of aliphatic hydroxyl groups is 1. The van der Waals surface area contributed by atoms with E-state index < -0.39 is 31.7 Å². The maximum atomic E-state index is 13.0. The maximum absolute atomic E-state index is 13.0. The summed E-state index contributed by atoms with van der Waals surface area (Å²) in [5.74, 6) is -0.766. The number of nitrogens with one attached hydrogen (secondary N) is 3. The number of carbonyl (C=O) groups excluding carboxylic acids is 2. The number of benzene rings is 5. The Labute approximate surface area is 337 Å². The molecule has 3 heterocycles. The average Bonchev–Trinajstić information content (AvgIpc) is 3.42. The normalized spacial score (nSPS) is 18.1. The first-order valence-electron chi connectivity index (χ1n) is 16.4. The van der Waals surface area contributed by atoms with E-state index in [0.717, 1.165) is 17.3 Å². The van der Waals surface area contributed by atoms with Crippen LogP contribution < -0.4 is 30.6 Å². The molecule has 0 aliphatic carbocycles. The molecule has 290 valence electrons. The van der Waals surface area contributed by atoms with Crippen LogP contribution in [0.1, 0.15) is 49.9 Å². The fourth-order valence-electron chi connectivity index (χ4n) is 6.14. The first-order chi connectivity index (χ1) is 26.4. The Morgan fingerprint density at radius 2 is 1.46 bits per heavy atom. The second-order valence-corrected chi connectivity index (χ2v) is 17.2. The van der Waals surface area contributed by atoms with Gasteiger partial charge in [-0.3, -0.25) is 14.5 Å². The van der Waals surface area contributed by atoms with Gasteiger partial charge in [0, 0.05) is 44.8 Å². The van der Waals surface area contributed by atoms with Crippen LogP contribution in [0.3, 0.4) is 0 Å². The predicted molar refractivity (Wildman–Crippen MR) is 217 cm³/mol. The van der Waals surface area contributed by atoms with Crippen LogP contribution in [0.15, 0.2) is 123 Å². The SMILES string of the molecule is C1=NNSc2ccccc21.Cc1ccccc1N1C(=O)c2cc(S(N)(=O)=O)c(Cl)cc2NC1C.NS(=O)(=O)c1cc(C2(O)NC(=O)c3ccccc32)ccc1Cl. The summed E-state index contributed by atoms with van der Waals surface area (Å²) < 4.78 is 46.4. The van der Waals surface area contributed by atoms with Crippen molar-refractivity contribution in [3.8, 4) is 0 Å². The quantitative estimate of drug-likeness (QED) is 0.128. The van der Waals surface area contributed by atoms with Crippen LogP contribution in [0.4, 0.5) is 11.4 Å². The lowest BCUT2D eigenvalue weighted by atomic mass is 9.94. The van der Waals surface area contributed by atoms with Crippen molar-refractivity contribution in [2.24, 2.45) is 15.4 Å². The summed E-state index contributed by atoms with van der Waals surface area (Å²) in [5.41, 5.74) is 2.53. The summed E-state index contributed by atoms with van der Waals surface area (Å²) in [5, 5.41) is 30.6. The number of halogens is 2. The minimum Gasteiger partial charge on any atom is -0.364 e. The minimum absolute atomic E-state index is 0.0203. The highest BCUT2D eigenvalue weighted by atomic mass is 35.5. The molecule has 19 heteroatoms. The highest BCUT2D eigenvalue weighted by molar-refractivity contribution is 7.97. The van der Waals surface area contributed by atoms with Gasteiger partial charge < -0.3 is 15.7 Å². The van der Waals surface area contributed by atoms with Crippen molar-refractivity contribution in [2.75, 3.05) is 10.2 Å². The number of fused-ring (bicyclic) bond motifs is 3. The van der Waals surface area contributed by atoms with Crippen molar-refractivity contribution in [2.45, 2.75) is 40.4 Å². The van der Waals surface area contributed by atoms with Gasteiger partial charge in [-0.05, 0) is 61.9 Å². The van der Waals surface area contributed by atoms with E-state index in [4.69, 9.17) is 33.5 Å². The Balaban J connectivity index is 0.000000153. The summed E-state index contributed by atoms with van der Waals surface area (Å²) in [7, 11) is -8.08. The van der Waals surface area contributed by atoms with E-state index in [0.29, 0.717) is 16.8 Å². The number of primary sulfonamides is 2. The van der Waals surface area contributed by atoms with Crippen LogP contribution in [-0.4, -0.2) is 46.1 Å². The summed E-state index contributed by atoms with van der Waals surface area (Å²) in [6.45, 7) is 3.75. The zero-order valence-corrected chi connectivity index (χ0v) is 33.4. The molecule has 0 radical (unpaired) electrons. The van der Waals surface area contributed by atoms with E-state index in [1.165, 1.54) is 34.7 Å². The Bertz CT molecular complexity index is 2650. The van der Waals surface area contributed by atoms with Gasteiger partial charge in [-0.1, -0.05) is 83.9 Å². The van der Waals surface area contributed by atoms with E-state index in [9.17, 15) is 31.5 Å². The highest BCUT2D eigenvalue weighted by Gasteiger charge is 2.43. The molecule has 0 bridgehead atoms. The molecular formula is C37H33Cl2N7O7S3. The number of hydrazone groups is 1. The van der Waals surface area contributed by atoms with Crippen LogP contribution in [0.25, 0.3) is 0 Å². The van der Waals surface area contributed by atoms with Crippen LogP contribution in [-0.2, 0) is 25.8 Å². The van der Waals surface area contributed by atoms with Crippen LogP contribution in [0.5, 0.6) is 0 Å². The number of rotatable bonds is 4. The van der Waals surface area contributed by atoms with Gasteiger partial charge in [0.1, 0.15) is 16.0 Å². The molecule has 2 atom stereocenters. The standard InChI is InChI=1S/C16H16ClN3O3S.C14H11ClN2O4S.C7H6N2S/c1-9-5-3-4-6-14(9)20-10(2)19-13-8-12(17)15(24(18,22)23)7-11(13)16(20)21;15-11-6-5-8(7-12(11)22(16,20)21)14(19)10-4-2-1-3-9(10)13(18)17-14;1-2-4-7-6(3-1)5-8-9-10-7/h3-8,10,19H,1-2H3,(H2,18,22,23);1-7,19H,(H,17,18)(H2,16,20,21);1-5,9H. The molecule has 8 rings (SSSR count). The number of aryl methyl sites for hydroxylation is 1. The van der Waals surface area contributed by atoms with E-state index in [1.807, 2.05) is 62.5 Å². The number of para-hydroxylation sites is 1. The molecule has 8 N–H and O–H groups in total. The molecule has 3 aliphatic heterocycles. The van der Waals surface area contributed by atoms with Crippen molar-refractivity contribution >= 4 is 84.6 Å². The zero-order valence-electron chi connectivity index (χ0n) is 29.4. The number of hydrogen-bond acceptors (Lipinski definition) is 11. The number of carbonyl (C=O) groups is 2. The lowest BCUT2D eigenvalue weighted by molar-refractivity contribution is 0.0474. The lowest BCUT2D eigenvalue weighted by Crippen LogP contribution is -2.47. The minimum atomic E-state index is -4.06. The molecule has 3 aliphatic rings. The fraction of sp³-hybridized carbons (Fsp3) is 0.108. The molecule has 0 saturated heterocycles. The number of nitrogens with two attached hydrogens (primary N) is 2. The fourth-order valence-corrected chi connectivity index (χ4v) is 8.90. The third-order valence-corrected chi connectivity index (χ3v) is 12.4. The molecule has 56 heavy (non-hydrogen) atoms. The van der Waals surface area contributed by atoms with Gasteiger partial charge in [-0.25, -0.2) is 31.9 Å². The van der Waals surface area contributed by atoms with E-state index in [2.05, 4.69) is 26.6 Å². The maximum Gasteiger partial charge on any atom is 0.262 e. The van der Waals surface area contributed by atoms with Crippen molar-refractivity contribution < 1.29 is 31.5 Å². The third kappa shape index (κ3) is 8.25. The van der Waals surface area contributed by atoms with Gasteiger partial charge in [-0.2, -0.15) is 5.10 Å². The predicted octanol–water partition coefficient (Wildman–Crippen LogP) is 5.27. The Kier molecular flexibility index (Phi) is 11.5. The molecule has 2 unspecified atom stereocenters. The molecule has 2 amide bonds. The molecule has 14 nitrogen and oxygen atoms in total. The van der Waals surface area contributed by atoms with Crippen LogP contribution >= 0.6 is 35.1 Å². The summed E-state index contributed by atoms with van der Waals surface area (Å²) in [4.78, 5) is 30.0.